The van der Waals surface area contributed by atoms with Gasteiger partial charge in [0, 0.05) is 0 Å². The maximum absolute atomic E-state index is 12.6. The quantitative estimate of drug-likeness (QED) is 0.546. The SMILES string of the molecule is COc1cc(OC)nc(Oc2ccccc2C(=O)N[C@@H](C)C(=O)NCC(=O)O)n1. The minimum absolute atomic E-state index is 0.103. The van der Waals surface area contributed by atoms with Crippen LogP contribution in [-0.4, -0.2) is 59.7 Å². The van der Waals surface area contributed by atoms with E-state index in [-0.39, 0.29) is 29.1 Å². The monoisotopic (exact) mass is 404 g/mol. The van der Waals surface area contributed by atoms with Crippen LogP contribution < -0.4 is 24.8 Å². The number of amides is 2. The lowest BCUT2D eigenvalue weighted by molar-refractivity contribution is -0.138. The average molecular weight is 404 g/mol. The highest BCUT2D eigenvalue weighted by Gasteiger charge is 2.20. The van der Waals surface area contributed by atoms with Crippen molar-refractivity contribution in [3.05, 3.63) is 35.9 Å². The molecule has 1 aromatic heterocycles. The summed E-state index contributed by atoms with van der Waals surface area (Å²) in [7, 11) is 2.84. The number of carboxylic acid groups (broad SMARTS) is 1. The number of nitrogens with one attached hydrogen (secondary N) is 2. The van der Waals surface area contributed by atoms with Gasteiger partial charge >= 0.3 is 12.0 Å². The van der Waals surface area contributed by atoms with E-state index >= 15 is 0 Å². The first-order valence-corrected chi connectivity index (χ1v) is 8.38. The summed E-state index contributed by atoms with van der Waals surface area (Å²) >= 11 is 0. The van der Waals surface area contributed by atoms with Gasteiger partial charge in [-0.1, -0.05) is 12.1 Å². The normalized spacial score (nSPS) is 11.1. The molecule has 154 valence electrons. The molecule has 2 amide bonds. The highest BCUT2D eigenvalue weighted by atomic mass is 16.5. The highest BCUT2D eigenvalue weighted by Crippen LogP contribution is 2.26. The number of ether oxygens (including phenoxy) is 3. The van der Waals surface area contributed by atoms with Gasteiger partial charge in [0.1, 0.15) is 18.3 Å². The third-order valence-corrected chi connectivity index (χ3v) is 3.56. The minimum Gasteiger partial charge on any atom is -0.481 e. The number of methoxy groups -OCH3 is 2. The molecule has 0 radical (unpaired) electrons. The molecule has 29 heavy (non-hydrogen) atoms. The van der Waals surface area contributed by atoms with Crippen LogP contribution in [0.4, 0.5) is 0 Å². The molecule has 0 spiro atoms. The maximum atomic E-state index is 12.6. The first-order valence-electron chi connectivity index (χ1n) is 8.38. The molecule has 11 heteroatoms. The summed E-state index contributed by atoms with van der Waals surface area (Å²) in [4.78, 5) is 43.0. The number of carboxylic acids is 1. The number of carbonyl (C=O) groups is 3. The van der Waals surface area contributed by atoms with E-state index in [1.54, 1.807) is 12.1 Å². The molecule has 1 atom stereocenters. The van der Waals surface area contributed by atoms with E-state index in [0.29, 0.717) is 0 Å². The van der Waals surface area contributed by atoms with Crippen molar-refractivity contribution < 1.29 is 33.7 Å². The van der Waals surface area contributed by atoms with Crippen LogP contribution in [0.2, 0.25) is 0 Å². The van der Waals surface area contributed by atoms with Gasteiger partial charge in [-0.2, -0.15) is 9.97 Å². The number of nitrogens with zero attached hydrogens (tertiary/aromatic N) is 2. The van der Waals surface area contributed by atoms with E-state index in [0.717, 1.165) is 0 Å². The summed E-state index contributed by atoms with van der Waals surface area (Å²) in [5.41, 5.74) is 0.121. The predicted molar refractivity (Wildman–Crippen MR) is 99.2 cm³/mol. The van der Waals surface area contributed by atoms with Gasteiger partial charge in [0.15, 0.2) is 0 Å². The Morgan fingerprint density at radius 3 is 2.31 bits per heavy atom. The van der Waals surface area contributed by atoms with Crippen LogP contribution in [0.1, 0.15) is 17.3 Å². The zero-order valence-corrected chi connectivity index (χ0v) is 16.0. The molecule has 2 rings (SSSR count). The van der Waals surface area contributed by atoms with Gasteiger partial charge in [0.25, 0.3) is 5.91 Å². The van der Waals surface area contributed by atoms with Crippen molar-refractivity contribution >= 4 is 17.8 Å². The molecule has 1 aromatic carbocycles. The van der Waals surface area contributed by atoms with Crippen molar-refractivity contribution in [1.29, 1.82) is 0 Å². The lowest BCUT2D eigenvalue weighted by atomic mass is 10.1. The van der Waals surface area contributed by atoms with E-state index in [2.05, 4.69) is 20.6 Å². The van der Waals surface area contributed by atoms with Gasteiger partial charge in [-0.25, -0.2) is 0 Å². The number of aromatic nitrogens is 2. The van der Waals surface area contributed by atoms with Gasteiger partial charge in [-0.05, 0) is 19.1 Å². The first-order chi connectivity index (χ1) is 13.8. The van der Waals surface area contributed by atoms with E-state index < -0.39 is 30.4 Å². The molecule has 0 saturated carbocycles. The number of benzene rings is 1. The van der Waals surface area contributed by atoms with Crippen LogP contribution in [0.3, 0.4) is 0 Å². The van der Waals surface area contributed by atoms with Gasteiger partial charge in [0.2, 0.25) is 17.7 Å². The Morgan fingerprint density at radius 2 is 1.72 bits per heavy atom. The molecule has 0 saturated heterocycles. The number of carbonyl (C=O) groups excluding carboxylic acids is 2. The summed E-state index contributed by atoms with van der Waals surface area (Å²) < 4.78 is 15.7. The molecule has 0 fully saturated rings. The van der Waals surface area contributed by atoms with Crippen LogP contribution in [0.25, 0.3) is 0 Å². The molecule has 1 heterocycles. The van der Waals surface area contributed by atoms with Crippen LogP contribution >= 0.6 is 0 Å². The largest absolute Gasteiger partial charge is 0.481 e. The molecule has 3 N–H and O–H groups in total. The van der Waals surface area contributed by atoms with Crippen LogP contribution in [-0.2, 0) is 9.59 Å². The fourth-order valence-corrected chi connectivity index (χ4v) is 2.14. The van der Waals surface area contributed by atoms with Crippen LogP contribution in [0.5, 0.6) is 23.5 Å². The third kappa shape index (κ3) is 6.06. The second-order valence-electron chi connectivity index (χ2n) is 5.64. The molecule has 0 aliphatic carbocycles. The van der Waals surface area contributed by atoms with Crippen molar-refractivity contribution in [1.82, 2.24) is 20.6 Å². The fraction of sp³-hybridized carbons (Fsp3) is 0.278. The van der Waals surface area contributed by atoms with E-state index in [1.165, 1.54) is 39.3 Å². The Hall–Kier alpha value is -3.89. The minimum atomic E-state index is -1.19. The number of aliphatic carboxylic acids is 1. The molecule has 2 aromatic rings. The van der Waals surface area contributed by atoms with Crippen LogP contribution in [0, 0.1) is 0 Å². The Labute approximate surface area is 166 Å². The molecule has 0 unspecified atom stereocenters. The second-order valence-corrected chi connectivity index (χ2v) is 5.64. The molecule has 11 nitrogen and oxygen atoms in total. The molecular formula is C18H20N4O7. The van der Waals surface area contributed by atoms with Gasteiger partial charge < -0.3 is 30.0 Å². The van der Waals surface area contributed by atoms with Gasteiger partial charge in [-0.15, -0.1) is 0 Å². The molecule has 0 aliphatic heterocycles. The molecule has 0 aliphatic rings. The van der Waals surface area contributed by atoms with Crippen molar-refractivity contribution in [2.75, 3.05) is 20.8 Å². The summed E-state index contributed by atoms with van der Waals surface area (Å²) in [6.07, 6.45) is 0. The Kier molecular flexibility index (Phi) is 7.29. The fourth-order valence-electron chi connectivity index (χ4n) is 2.14. The number of para-hydroxylation sites is 1. The zero-order chi connectivity index (χ0) is 21.4. The maximum Gasteiger partial charge on any atom is 0.328 e. The van der Waals surface area contributed by atoms with E-state index in [9.17, 15) is 14.4 Å². The summed E-state index contributed by atoms with van der Waals surface area (Å²) in [6, 6.07) is 6.67. The Balaban J connectivity index is 2.17. The number of hydrogen-bond acceptors (Lipinski definition) is 8. The summed E-state index contributed by atoms with van der Waals surface area (Å²) in [5.74, 6) is -1.88. The average Bonchev–Trinajstić information content (AvgIpc) is 2.71. The van der Waals surface area contributed by atoms with E-state index in [1.807, 2.05) is 0 Å². The van der Waals surface area contributed by atoms with Crippen molar-refractivity contribution in [3.63, 3.8) is 0 Å². The Morgan fingerprint density at radius 1 is 1.10 bits per heavy atom. The summed E-state index contributed by atoms with van der Waals surface area (Å²) in [6.45, 7) is 0.877. The smallest absolute Gasteiger partial charge is 0.328 e. The first kappa shape index (κ1) is 21.4. The van der Waals surface area contributed by atoms with Crippen molar-refractivity contribution in [2.45, 2.75) is 13.0 Å². The predicted octanol–water partition coefficient (Wildman–Crippen LogP) is 0.605. The van der Waals surface area contributed by atoms with E-state index in [4.69, 9.17) is 19.3 Å². The number of rotatable bonds is 9. The van der Waals surface area contributed by atoms with Gasteiger partial charge in [-0.3, -0.25) is 14.4 Å². The molecular weight excluding hydrogens is 384 g/mol. The van der Waals surface area contributed by atoms with Crippen molar-refractivity contribution in [2.24, 2.45) is 0 Å². The third-order valence-electron chi connectivity index (χ3n) is 3.56. The summed E-state index contributed by atoms with van der Waals surface area (Å²) in [5, 5.41) is 13.3. The van der Waals surface area contributed by atoms with Crippen molar-refractivity contribution in [3.8, 4) is 23.5 Å². The molecule has 0 bridgehead atoms. The van der Waals surface area contributed by atoms with Crippen LogP contribution in [0.15, 0.2) is 30.3 Å². The second kappa shape index (κ2) is 9.88. The highest BCUT2D eigenvalue weighted by molar-refractivity contribution is 5.99. The number of hydrogen-bond donors (Lipinski definition) is 3. The lowest BCUT2D eigenvalue weighted by Gasteiger charge is -2.15. The topological polar surface area (TPSA) is 149 Å². The Bertz CT molecular complexity index is 881. The zero-order valence-electron chi connectivity index (χ0n) is 16.0. The standard InChI is InChI=1S/C18H20N4O7/c1-10(16(25)19-9-15(23)24)20-17(26)11-6-4-5-7-12(11)29-18-21-13(27-2)8-14(22-18)28-3/h4-8,10H,9H2,1-3H3,(H,19,25)(H,20,26)(H,23,24)/t10-/m0/s1. The lowest BCUT2D eigenvalue weighted by Crippen LogP contribution is -2.46. The van der Waals surface area contributed by atoms with Gasteiger partial charge in [0.05, 0.1) is 25.8 Å².